The zero-order chi connectivity index (χ0) is 55.0. The molecule has 0 aliphatic carbocycles. The zero-order valence-electron chi connectivity index (χ0n) is 49.7. The molecule has 4 aromatic carbocycles. The predicted octanol–water partition coefficient (Wildman–Crippen LogP) is 19.4. The summed E-state index contributed by atoms with van der Waals surface area (Å²) in [4.78, 5) is 43.0. The average Bonchev–Trinajstić information content (AvgIpc) is 3.24. The molecule has 0 saturated heterocycles. The molecule has 0 saturated carbocycles. The fourth-order valence-electron chi connectivity index (χ4n) is 11.1. The molecule has 0 amide bonds. The van der Waals surface area contributed by atoms with Crippen molar-refractivity contribution in [1.29, 1.82) is 0 Å². The molecule has 0 radical (unpaired) electrons. The Hall–Kier alpha value is -2.82. The fraction of sp³-hybridized carbons (Fsp3) is 0.631. The Labute approximate surface area is 448 Å². The molecule has 0 fully saturated rings. The topological polar surface area (TPSA) is 99.4 Å². The highest BCUT2D eigenvalue weighted by Crippen LogP contribution is 2.59. The van der Waals surface area contributed by atoms with Crippen molar-refractivity contribution in [2.24, 2.45) is 11.8 Å². The van der Waals surface area contributed by atoms with Gasteiger partial charge in [0.1, 0.15) is 11.5 Å². The van der Waals surface area contributed by atoms with E-state index in [0.717, 1.165) is 79.2 Å². The van der Waals surface area contributed by atoms with E-state index in [9.17, 15) is 19.6 Å². The molecule has 0 bridgehead atoms. The summed E-state index contributed by atoms with van der Waals surface area (Å²) in [6.45, 7) is 46.3. The highest BCUT2D eigenvalue weighted by Gasteiger charge is 2.42. The van der Waals surface area contributed by atoms with Crippen molar-refractivity contribution in [2.45, 2.75) is 255 Å². The van der Waals surface area contributed by atoms with Gasteiger partial charge >= 0.3 is 17.2 Å². The van der Waals surface area contributed by atoms with Crippen LogP contribution in [0.1, 0.15) is 257 Å². The van der Waals surface area contributed by atoms with Crippen LogP contribution in [-0.2, 0) is 39.9 Å². The molecule has 4 N–H and O–H groups in total. The Bertz CT molecular complexity index is 2330. The molecule has 73 heavy (non-hydrogen) atoms. The van der Waals surface area contributed by atoms with Gasteiger partial charge in [0, 0.05) is 11.0 Å². The Morgan fingerprint density at radius 2 is 0.767 bits per heavy atom. The van der Waals surface area contributed by atoms with Crippen molar-refractivity contribution in [1.82, 2.24) is 0 Å². The molecular formula is C65H102O6P2. The second-order valence-electron chi connectivity index (χ2n) is 27.1. The van der Waals surface area contributed by atoms with Crippen molar-refractivity contribution in [3.63, 3.8) is 0 Å². The van der Waals surface area contributed by atoms with Crippen molar-refractivity contribution >= 4 is 17.2 Å². The Kier molecular flexibility index (Phi) is 22.4. The van der Waals surface area contributed by atoms with Gasteiger partial charge in [0.05, 0.1) is 0 Å². The lowest BCUT2D eigenvalue weighted by atomic mass is 9.63. The van der Waals surface area contributed by atoms with E-state index in [1.807, 2.05) is 12.1 Å². The van der Waals surface area contributed by atoms with Gasteiger partial charge in [0.25, 0.3) is 0 Å². The van der Waals surface area contributed by atoms with Crippen LogP contribution in [0.3, 0.4) is 0 Å². The van der Waals surface area contributed by atoms with Crippen LogP contribution in [0, 0.1) is 25.7 Å². The third-order valence-corrected chi connectivity index (χ3v) is 15.7. The molecule has 0 aliphatic rings. The first-order chi connectivity index (χ1) is 33.7. The van der Waals surface area contributed by atoms with E-state index in [-0.39, 0.29) is 21.7 Å². The van der Waals surface area contributed by atoms with Crippen molar-refractivity contribution in [3.8, 4) is 33.8 Å². The number of benzene rings is 4. The van der Waals surface area contributed by atoms with E-state index >= 15 is 0 Å². The van der Waals surface area contributed by atoms with Gasteiger partial charge in [-0.2, -0.15) is 0 Å². The maximum atomic E-state index is 11.6. The van der Waals surface area contributed by atoms with Crippen molar-refractivity contribution < 1.29 is 28.6 Å². The standard InChI is InChI=1S/C65H102O6P2/c1-43(2)31-27-23-21-25-29-33-49-50(34-30-26-22-24-28-32-44(3)4)60(71-73(68)69)58(56-53(63(13,14)15)41-46(6)42-54(56)64(16,17)18)57(55-51(61(7,8)9)39-45(5)40-52(55)62(10,11)12)59(49)65(19,20)47-35-37-48(38-36-47)70-72(66)67/h35-44,66-69H,21-34H2,1-20H3. The van der Waals surface area contributed by atoms with E-state index < -0.39 is 22.6 Å². The predicted molar refractivity (Wildman–Crippen MR) is 317 cm³/mol. The van der Waals surface area contributed by atoms with Gasteiger partial charge in [0.15, 0.2) is 0 Å². The summed E-state index contributed by atoms with van der Waals surface area (Å²) >= 11 is 0. The smallest absolute Gasteiger partial charge is 0.391 e. The molecule has 0 aliphatic heterocycles. The van der Waals surface area contributed by atoms with E-state index in [4.69, 9.17) is 9.05 Å². The van der Waals surface area contributed by atoms with E-state index in [1.54, 1.807) is 0 Å². The van der Waals surface area contributed by atoms with Gasteiger partial charge in [-0.15, -0.1) is 0 Å². The maximum Gasteiger partial charge on any atom is 0.391 e. The number of unbranched alkanes of at least 4 members (excludes halogenated alkanes) is 8. The molecule has 8 heteroatoms. The minimum absolute atomic E-state index is 0.301. The van der Waals surface area contributed by atoms with Crippen LogP contribution < -0.4 is 9.05 Å². The number of hydrogen-bond acceptors (Lipinski definition) is 6. The summed E-state index contributed by atoms with van der Waals surface area (Å²) in [6.07, 6.45) is 15.3. The van der Waals surface area contributed by atoms with Crippen LogP contribution in [-0.4, -0.2) is 19.6 Å². The number of hydrogen-bond donors (Lipinski definition) is 4. The van der Waals surface area contributed by atoms with Crippen LogP contribution in [0.25, 0.3) is 22.3 Å². The quantitative estimate of drug-likeness (QED) is 0.0412. The SMILES string of the molecule is Cc1cc(C(C)(C)C)c(-c2c(OP(O)O)c(CCCCCCCC(C)C)c(CCCCCCCC(C)C)c(C(C)(C)c3ccc(OP(O)O)cc3)c2-c2c(C(C)(C)C)cc(C)cc2C(C)(C)C)c(C(C)(C)C)c1. The molecule has 408 valence electrons. The van der Waals surface area contributed by atoms with Gasteiger partial charge in [-0.3, -0.25) is 0 Å². The fourth-order valence-corrected chi connectivity index (χ4v) is 11.8. The van der Waals surface area contributed by atoms with E-state index in [1.165, 1.54) is 88.6 Å². The molecule has 0 aromatic heterocycles. The van der Waals surface area contributed by atoms with Crippen LogP contribution in [0.2, 0.25) is 0 Å². The summed E-state index contributed by atoms with van der Waals surface area (Å²) in [6, 6.07) is 17.5. The molecule has 0 heterocycles. The molecule has 4 aromatic rings. The Morgan fingerprint density at radius 1 is 0.425 bits per heavy atom. The summed E-state index contributed by atoms with van der Waals surface area (Å²) in [5, 5.41) is 0. The second-order valence-corrected chi connectivity index (χ2v) is 28.5. The molecule has 4 rings (SSSR count). The van der Waals surface area contributed by atoms with Crippen molar-refractivity contribution in [2.75, 3.05) is 0 Å². The van der Waals surface area contributed by atoms with Crippen LogP contribution in [0.15, 0.2) is 48.5 Å². The second kappa shape index (κ2) is 26.0. The summed E-state index contributed by atoms with van der Waals surface area (Å²) in [5.74, 6) is 2.40. The lowest BCUT2D eigenvalue weighted by Crippen LogP contribution is -2.28. The van der Waals surface area contributed by atoms with Crippen molar-refractivity contribution in [3.05, 3.63) is 104 Å². The number of rotatable bonds is 24. The Balaban J connectivity index is 2.50. The van der Waals surface area contributed by atoms with Crippen LogP contribution in [0.5, 0.6) is 11.5 Å². The molecule has 6 nitrogen and oxygen atoms in total. The van der Waals surface area contributed by atoms with E-state index in [2.05, 4.69) is 175 Å². The van der Waals surface area contributed by atoms with Gasteiger partial charge in [-0.1, -0.05) is 236 Å². The highest BCUT2D eigenvalue weighted by atomic mass is 31.2. The normalized spacial score (nSPS) is 13.1. The maximum absolute atomic E-state index is 11.6. The first-order valence-corrected chi connectivity index (χ1v) is 30.4. The number of aryl methyl sites for hydroxylation is 2. The lowest BCUT2D eigenvalue weighted by molar-refractivity contribution is 0.372. The van der Waals surface area contributed by atoms with Gasteiger partial charge < -0.3 is 28.6 Å². The first kappa shape index (κ1) is 62.7. The highest BCUT2D eigenvalue weighted by molar-refractivity contribution is 7.40. The third-order valence-electron chi connectivity index (χ3n) is 14.9. The van der Waals surface area contributed by atoms with Gasteiger partial charge in [-0.05, 0) is 146 Å². The monoisotopic (exact) mass is 1040 g/mol. The first-order valence-electron chi connectivity index (χ1n) is 28.0. The molecule has 0 unspecified atom stereocenters. The zero-order valence-corrected chi connectivity index (χ0v) is 51.5. The molecule has 0 spiro atoms. The minimum atomic E-state index is -2.85. The summed E-state index contributed by atoms with van der Waals surface area (Å²) in [5.41, 5.74) is 14.4. The third kappa shape index (κ3) is 17.1. The van der Waals surface area contributed by atoms with Gasteiger partial charge in [0.2, 0.25) is 0 Å². The lowest BCUT2D eigenvalue weighted by Gasteiger charge is -2.41. The van der Waals surface area contributed by atoms with E-state index in [0.29, 0.717) is 23.3 Å². The van der Waals surface area contributed by atoms with Crippen LogP contribution >= 0.6 is 17.2 Å². The average molecular weight is 1040 g/mol. The summed E-state index contributed by atoms with van der Waals surface area (Å²) < 4.78 is 12.4. The minimum Gasteiger partial charge on any atom is -0.427 e. The Morgan fingerprint density at radius 3 is 1.12 bits per heavy atom. The molecule has 0 atom stereocenters. The summed E-state index contributed by atoms with van der Waals surface area (Å²) in [7, 11) is -5.44. The van der Waals surface area contributed by atoms with Crippen LogP contribution in [0.4, 0.5) is 0 Å². The molecular weight excluding hydrogens is 939 g/mol. The largest absolute Gasteiger partial charge is 0.427 e. The van der Waals surface area contributed by atoms with Gasteiger partial charge in [-0.25, -0.2) is 0 Å².